The smallest absolute Gasteiger partial charge is 0.191 e. The molecule has 5 nitrogen and oxygen atoms in total. The average Bonchev–Trinajstić information content (AvgIpc) is 2.97. The first-order valence-electron chi connectivity index (χ1n) is 7.29. The molecule has 0 amide bonds. The zero-order chi connectivity index (χ0) is 17.3. The first kappa shape index (κ1) is 17.0. The fourth-order valence-corrected chi connectivity index (χ4v) is 4.53. The molecular weight excluding hydrogens is 362 g/mol. The fraction of sp³-hybridized carbons (Fsp3) is 0.250. The number of hydrogen-bond donors (Lipinski definition) is 1. The number of aryl methyl sites for hydroxylation is 1. The number of aromatic nitrogens is 3. The van der Waals surface area contributed by atoms with Crippen molar-refractivity contribution in [1.29, 1.82) is 5.26 Å². The molecule has 0 fully saturated rings. The molecule has 3 heterocycles. The summed E-state index contributed by atoms with van der Waals surface area (Å²) in [7, 11) is 0. The van der Waals surface area contributed by atoms with Gasteiger partial charge in [0.15, 0.2) is 5.16 Å². The van der Waals surface area contributed by atoms with Crippen LogP contribution in [-0.2, 0) is 6.42 Å². The number of hydrogen-bond acceptors (Lipinski definition) is 7. The zero-order valence-electron chi connectivity index (χ0n) is 13.1. The van der Waals surface area contributed by atoms with Crippen LogP contribution < -0.4 is 5.73 Å². The summed E-state index contributed by atoms with van der Waals surface area (Å²) < 4.78 is 1.02. The minimum Gasteiger partial charge on any atom is -0.384 e. The van der Waals surface area contributed by atoms with Crippen molar-refractivity contribution in [3.05, 3.63) is 39.6 Å². The molecule has 0 spiro atoms. The van der Waals surface area contributed by atoms with Crippen molar-refractivity contribution >= 4 is 50.6 Å². The number of fused-ring (bicyclic) bond motifs is 1. The third-order valence-corrected chi connectivity index (χ3v) is 5.96. The molecule has 0 aliphatic heterocycles. The molecule has 0 aromatic carbocycles. The van der Waals surface area contributed by atoms with Crippen LogP contribution in [0.1, 0.15) is 36.0 Å². The van der Waals surface area contributed by atoms with E-state index in [1.165, 1.54) is 23.4 Å². The van der Waals surface area contributed by atoms with Gasteiger partial charge >= 0.3 is 0 Å². The highest BCUT2D eigenvalue weighted by atomic mass is 35.5. The number of rotatable bonds is 4. The van der Waals surface area contributed by atoms with Gasteiger partial charge in [-0.05, 0) is 30.4 Å². The molecule has 8 heteroatoms. The summed E-state index contributed by atoms with van der Waals surface area (Å²) in [5, 5.41) is 13.2. The van der Waals surface area contributed by atoms with E-state index in [4.69, 9.17) is 22.6 Å². The van der Waals surface area contributed by atoms with Crippen LogP contribution in [0, 0.1) is 11.3 Å². The Morgan fingerprint density at radius 3 is 2.88 bits per heavy atom. The number of pyridine rings is 1. The van der Waals surface area contributed by atoms with Gasteiger partial charge in [-0.2, -0.15) is 5.26 Å². The van der Waals surface area contributed by atoms with Gasteiger partial charge in [-0.15, -0.1) is 11.3 Å². The summed E-state index contributed by atoms with van der Waals surface area (Å²) in [5.41, 5.74) is 8.10. The SMILES string of the molecule is CCc1csc2c(Cl)nc(C(C)Sc3nc(N)cc(C#N)n3)cc12. The Kier molecular flexibility index (Phi) is 4.90. The lowest BCUT2D eigenvalue weighted by atomic mass is 10.1. The van der Waals surface area contributed by atoms with Crippen LogP contribution in [-0.4, -0.2) is 15.0 Å². The predicted molar refractivity (Wildman–Crippen MR) is 99.4 cm³/mol. The van der Waals surface area contributed by atoms with E-state index in [1.54, 1.807) is 11.3 Å². The van der Waals surface area contributed by atoms with Crippen LogP contribution in [0.2, 0.25) is 5.15 Å². The fourth-order valence-electron chi connectivity index (χ4n) is 2.32. The highest BCUT2D eigenvalue weighted by molar-refractivity contribution is 7.99. The molecule has 122 valence electrons. The molecule has 3 aromatic heterocycles. The second kappa shape index (κ2) is 6.93. The number of halogens is 1. The highest BCUT2D eigenvalue weighted by Crippen LogP contribution is 2.38. The Labute approximate surface area is 152 Å². The Hall–Kier alpha value is -1.88. The number of anilines is 1. The summed E-state index contributed by atoms with van der Waals surface area (Å²) in [6, 6.07) is 5.51. The summed E-state index contributed by atoms with van der Waals surface area (Å²) in [6.45, 7) is 4.13. The van der Waals surface area contributed by atoms with Crippen molar-refractivity contribution in [2.45, 2.75) is 30.7 Å². The van der Waals surface area contributed by atoms with Crippen molar-refractivity contribution in [3.8, 4) is 6.07 Å². The number of thioether (sulfide) groups is 1. The van der Waals surface area contributed by atoms with Gasteiger partial charge in [0.2, 0.25) is 0 Å². The predicted octanol–water partition coefficient (Wildman–Crippen LogP) is 4.61. The van der Waals surface area contributed by atoms with Gasteiger partial charge in [-0.25, -0.2) is 15.0 Å². The van der Waals surface area contributed by atoms with Gasteiger partial charge in [0.25, 0.3) is 0 Å². The third kappa shape index (κ3) is 3.31. The molecule has 0 radical (unpaired) electrons. The lowest BCUT2D eigenvalue weighted by Gasteiger charge is -2.11. The van der Waals surface area contributed by atoms with Gasteiger partial charge < -0.3 is 5.73 Å². The normalized spacial score (nSPS) is 12.2. The van der Waals surface area contributed by atoms with Crippen molar-refractivity contribution in [1.82, 2.24) is 15.0 Å². The van der Waals surface area contributed by atoms with E-state index < -0.39 is 0 Å². The molecule has 0 aliphatic rings. The molecule has 1 atom stereocenters. The Morgan fingerprint density at radius 1 is 1.38 bits per heavy atom. The van der Waals surface area contributed by atoms with Crippen LogP contribution in [0.4, 0.5) is 5.82 Å². The summed E-state index contributed by atoms with van der Waals surface area (Å²) in [6.07, 6.45) is 0.950. The molecule has 24 heavy (non-hydrogen) atoms. The molecule has 2 N–H and O–H groups in total. The first-order chi connectivity index (χ1) is 11.5. The first-order valence-corrected chi connectivity index (χ1v) is 9.43. The molecule has 0 saturated heterocycles. The number of nitrogen functional groups attached to an aromatic ring is 1. The maximum absolute atomic E-state index is 8.99. The van der Waals surface area contributed by atoms with Crippen molar-refractivity contribution in [3.63, 3.8) is 0 Å². The van der Waals surface area contributed by atoms with Gasteiger partial charge in [0.05, 0.1) is 15.6 Å². The summed E-state index contributed by atoms with van der Waals surface area (Å²) >= 11 is 9.37. The van der Waals surface area contributed by atoms with Crippen LogP contribution >= 0.6 is 34.7 Å². The number of nitriles is 1. The number of nitrogens with two attached hydrogens (primary N) is 1. The Bertz CT molecular complexity index is 948. The monoisotopic (exact) mass is 375 g/mol. The molecule has 0 aliphatic carbocycles. The minimum atomic E-state index is -0.0233. The largest absolute Gasteiger partial charge is 0.384 e. The lowest BCUT2D eigenvalue weighted by molar-refractivity contribution is 0.937. The van der Waals surface area contributed by atoms with E-state index in [9.17, 15) is 0 Å². The van der Waals surface area contributed by atoms with Crippen LogP contribution in [0.3, 0.4) is 0 Å². The van der Waals surface area contributed by atoms with E-state index in [0.717, 1.165) is 22.2 Å². The maximum Gasteiger partial charge on any atom is 0.191 e. The Morgan fingerprint density at radius 2 is 2.17 bits per heavy atom. The molecule has 1 unspecified atom stereocenters. The molecule has 0 saturated carbocycles. The van der Waals surface area contributed by atoms with Crippen LogP contribution in [0.15, 0.2) is 22.7 Å². The van der Waals surface area contributed by atoms with E-state index >= 15 is 0 Å². The molecule has 3 rings (SSSR count). The second-order valence-electron chi connectivity index (χ2n) is 5.16. The highest BCUT2D eigenvalue weighted by Gasteiger charge is 2.16. The third-order valence-electron chi connectivity index (χ3n) is 3.54. The zero-order valence-corrected chi connectivity index (χ0v) is 15.5. The van der Waals surface area contributed by atoms with Crippen molar-refractivity contribution < 1.29 is 0 Å². The van der Waals surface area contributed by atoms with Crippen LogP contribution in [0.25, 0.3) is 10.1 Å². The second-order valence-corrected chi connectivity index (χ2v) is 7.71. The van der Waals surface area contributed by atoms with Gasteiger partial charge in [-0.1, -0.05) is 30.3 Å². The maximum atomic E-state index is 8.99. The molecular formula is C16H14ClN5S2. The van der Waals surface area contributed by atoms with Crippen LogP contribution in [0.5, 0.6) is 0 Å². The summed E-state index contributed by atoms with van der Waals surface area (Å²) in [5.74, 6) is 0.281. The summed E-state index contributed by atoms with van der Waals surface area (Å²) in [4.78, 5) is 12.9. The van der Waals surface area contributed by atoms with Gasteiger partial charge in [0, 0.05) is 11.5 Å². The average molecular weight is 376 g/mol. The van der Waals surface area contributed by atoms with Gasteiger partial charge in [-0.3, -0.25) is 0 Å². The minimum absolute atomic E-state index is 0.0233. The quantitative estimate of drug-likeness (QED) is 0.407. The number of thiophene rings is 1. The molecule has 0 bridgehead atoms. The van der Waals surface area contributed by atoms with Crippen molar-refractivity contribution in [2.24, 2.45) is 0 Å². The van der Waals surface area contributed by atoms with Gasteiger partial charge in [0.1, 0.15) is 22.7 Å². The topological polar surface area (TPSA) is 88.5 Å². The van der Waals surface area contributed by atoms with E-state index in [1.807, 2.05) is 13.0 Å². The van der Waals surface area contributed by atoms with Crippen molar-refractivity contribution in [2.75, 3.05) is 5.73 Å². The van der Waals surface area contributed by atoms with E-state index in [2.05, 4.69) is 33.3 Å². The standard InChI is InChI=1S/C16H14ClN5S2/c1-3-9-7-23-14-11(9)5-12(21-15(14)17)8(2)24-16-20-10(6-18)4-13(19)22-16/h4-5,7-8H,3H2,1-2H3,(H2,19,20,22). The van der Waals surface area contributed by atoms with E-state index in [-0.39, 0.29) is 16.8 Å². The number of nitrogens with zero attached hydrogens (tertiary/aromatic N) is 4. The van der Waals surface area contributed by atoms with E-state index in [0.29, 0.717) is 10.3 Å². The molecule has 3 aromatic rings. The lowest BCUT2D eigenvalue weighted by Crippen LogP contribution is -2.00. The Balaban J connectivity index is 1.95.